The van der Waals surface area contributed by atoms with Gasteiger partial charge in [-0.05, 0) is 32.8 Å². The minimum absolute atomic E-state index is 0.165. The number of hydrogen-bond acceptors (Lipinski definition) is 5. The van der Waals surface area contributed by atoms with E-state index in [0.29, 0.717) is 19.2 Å². The summed E-state index contributed by atoms with van der Waals surface area (Å²) in [4.78, 5) is 26.4. The van der Waals surface area contributed by atoms with Crippen molar-refractivity contribution in [2.24, 2.45) is 0 Å². The topological polar surface area (TPSA) is 76.5 Å². The van der Waals surface area contributed by atoms with Crippen molar-refractivity contribution < 1.29 is 9.53 Å². The van der Waals surface area contributed by atoms with Gasteiger partial charge in [0.15, 0.2) is 0 Å². The maximum atomic E-state index is 12.3. The number of hydrogen-bond donors (Lipinski definition) is 1. The third kappa shape index (κ3) is 4.87. The second-order valence-corrected chi connectivity index (χ2v) is 6.15. The number of aromatic nitrogens is 2. The molecule has 0 aliphatic carbocycles. The minimum atomic E-state index is -0.233. The normalized spacial score (nSPS) is 16.7. The zero-order valence-electron chi connectivity index (χ0n) is 14.1. The van der Waals surface area contributed by atoms with Gasteiger partial charge in [0, 0.05) is 38.3 Å². The van der Waals surface area contributed by atoms with Gasteiger partial charge in [-0.1, -0.05) is 0 Å². The molecule has 1 aliphatic heterocycles. The number of carbonyl (C=O) groups excluding carboxylic acids is 1. The van der Waals surface area contributed by atoms with Gasteiger partial charge in [0.2, 0.25) is 0 Å². The van der Waals surface area contributed by atoms with E-state index >= 15 is 0 Å². The molecule has 23 heavy (non-hydrogen) atoms. The molecule has 1 aromatic rings. The van der Waals surface area contributed by atoms with E-state index in [1.807, 2.05) is 0 Å². The molecule has 1 aliphatic rings. The number of nitrogens with zero attached hydrogens (tertiary/aromatic N) is 3. The predicted molar refractivity (Wildman–Crippen MR) is 87.6 cm³/mol. The highest BCUT2D eigenvalue weighted by atomic mass is 16.5. The van der Waals surface area contributed by atoms with E-state index in [4.69, 9.17) is 4.74 Å². The third-order valence-electron chi connectivity index (χ3n) is 4.20. The quantitative estimate of drug-likeness (QED) is 0.825. The van der Waals surface area contributed by atoms with Gasteiger partial charge in [0.1, 0.15) is 5.69 Å². The van der Waals surface area contributed by atoms with Crippen LogP contribution in [0.3, 0.4) is 0 Å². The van der Waals surface area contributed by atoms with Crippen molar-refractivity contribution >= 4 is 5.91 Å². The molecule has 7 nitrogen and oxygen atoms in total. The molecule has 0 spiro atoms. The maximum Gasteiger partial charge on any atom is 0.271 e. The fraction of sp³-hybridized carbons (Fsp3) is 0.688. The summed E-state index contributed by atoms with van der Waals surface area (Å²) in [5, 5.41) is 7.14. The lowest BCUT2D eigenvalue weighted by molar-refractivity contribution is 0.0892. The number of ether oxygens (including phenoxy) is 1. The molecule has 0 aromatic carbocycles. The van der Waals surface area contributed by atoms with Crippen molar-refractivity contribution in [3.63, 3.8) is 0 Å². The number of piperidine rings is 1. The first kappa shape index (κ1) is 17.6. The highest BCUT2D eigenvalue weighted by molar-refractivity contribution is 5.92. The van der Waals surface area contributed by atoms with Crippen LogP contribution in [0.15, 0.2) is 16.9 Å². The maximum absolute atomic E-state index is 12.3. The summed E-state index contributed by atoms with van der Waals surface area (Å²) in [6.45, 7) is 7.07. The predicted octanol–water partition coefficient (Wildman–Crippen LogP) is 0.492. The van der Waals surface area contributed by atoms with E-state index in [1.165, 1.54) is 16.8 Å². The van der Waals surface area contributed by atoms with Crippen LogP contribution in [-0.4, -0.2) is 59.5 Å². The fourth-order valence-electron chi connectivity index (χ4n) is 2.73. The van der Waals surface area contributed by atoms with Crippen molar-refractivity contribution in [2.45, 2.75) is 45.3 Å². The Hall–Kier alpha value is -1.73. The van der Waals surface area contributed by atoms with Crippen molar-refractivity contribution in [3.05, 3.63) is 28.2 Å². The molecular weight excluding hydrogens is 296 g/mol. The van der Waals surface area contributed by atoms with Gasteiger partial charge >= 0.3 is 0 Å². The van der Waals surface area contributed by atoms with Crippen molar-refractivity contribution in [3.8, 4) is 0 Å². The standard InChI is InChI=1S/C16H26N4O3/c1-12(2)19-8-6-13(7-9-19)17-16(22)14-4-5-15(21)20(18-14)10-11-23-3/h4-5,12-13H,6-11H2,1-3H3,(H,17,22). The summed E-state index contributed by atoms with van der Waals surface area (Å²) in [6, 6.07) is 3.56. The van der Waals surface area contributed by atoms with E-state index < -0.39 is 0 Å². The zero-order chi connectivity index (χ0) is 16.8. The van der Waals surface area contributed by atoms with Crippen LogP contribution in [0.1, 0.15) is 37.2 Å². The largest absolute Gasteiger partial charge is 0.383 e. The summed E-state index contributed by atoms with van der Waals surface area (Å²) >= 11 is 0. The van der Waals surface area contributed by atoms with Crippen LogP contribution < -0.4 is 10.9 Å². The second kappa shape index (κ2) is 8.21. The van der Waals surface area contributed by atoms with Gasteiger partial charge < -0.3 is 15.0 Å². The van der Waals surface area contributed by atoms with Gasteiger partial charge in [0.25, 0.3) is 11.5 Å². The summed E-state index contributed by atoms with van der Waals surface area (Å²) in [5.41, 5.74) is 0.0378. The lowest BCUT2D eigenvalue weighted by atomic mass is 10.0. The fourth-order valence-corrected chi connectivity index (χ4v) is 2.73. The number of rotatable bonds is 6. The highest BCUT2D eigenvalue weighted by Gasteiger charge is 2.23. The Bertz CT molecular complexity index is 577. The molecule has 0 saturated carbocycles. The Labute approximate surface area is 136 Å². The van der Waals surface area contributed by atoms with E-state index in [0.717, 1.165) is 25.9 Å². The first-order valence-corrected chi connectivity index (χ1v) is 8.13. The van der Waals surface area contributed by atoms with E-state index in [9.17, 15) is 9.59 Å². The molecule has 0 atom stereocenters. The highest BCUT2D eigenvalue weighted by Crippen LogP contribution is 2.13. The number of amides is 1. The lowest BCUT2D eigenvalue weighted by Crippen LogP contribution is -2.47. The minimum Gasteiger partial charge on any atom is -0.383 e. The van der Waals surface area contributed by atoms with E-state index in [2.05, 4.69) is 29.2 Å². The van der Waals surface area contributed by atoms with E-state index in [-0.39, 0.29) is 23.2 Å². The third-order valence-corrected chi connectivity index (χ3v) is 4.20. The second-order valence-electron chi connectivity index (χ2n) is 6.15. The molecule has 0 unspecified atom stereocenters. The first-order chi connectivity index (χ1) is 11.0. The van der Waals surface area contributed by atoms with Gasteiger partial charge in [-0.3, -0.25) is 9.59 Å². The number of likely N-dealkylation sites (tertiary alicyclic amines) is 1. The van der Waals surface area contributed by atoms with Crippen LogP contribution in [0, 0.1) is 0 Å². The molecule has 0 radical (unpaired) electrons. The van der Waals surface area contributed by atoms with Crippen LogP contribution in [0.2, 0.25) is 0 Å². The molecule has 1 amide bonds. The molecular formula is C16H26N4O3. The van der Waals surface area contributed by atoms with Gasteiger partial charge in [-0.2, -0.15) is 5.10 Å². The number of methoxy groups -OCH3 is 1. The smallest absolute Gasteiger partial charge is 0.271 e. The van der Waals surface area contributed by atoms with Gasteiger partial charge in [-0.15, -0.1) is 0 Å². The SMILES string of the molecule is COCCn1nc(C(=O)NC2CCN(C(C)C)CC2)ccc1=O. The summed E-state index contributed by atoms with van der Waals surface area (Å²) in [5.74, 6) is -0.223. The number of carbonyl (C=O) groups is 1. The average molecular weight is 322 g/mol. The van der Waals surface area contributed by atoms with Gasteiger partial charge in [0.05, 0.1) is 13.2 Å². The molecule has 0 bridgehead atoms. The Balaban J connectivity index is 1.95. The van der Waals surface area contributed by atoms with Gasteiger partial charge in [-0.25, -0.2) is 4.68 Å². The molecule has 128 valence electrons. The summed E-state index contributed by atoms with van der Waals surface area (Å²) < 4.78 is 6.21. The molecule has 1 fully saturated rings. The van der Waals surface area contributed by atoms with Crippen molar-refractivity contribution in [2.75, 3.05) is 26.8 Å². The Morgan fingerprint density at radius 3 is 2.70 bits per heavy atom. The van der Waals surface area contributed by atoms with Crippen molar-refractivity contribution in [1.82, 2.24) is 20.0 Å². The average Bonchev–Trinajstić information content (AvgIpc) is 2.54. The van der Waals surface area contributed by atoms with E-state index in [1.54, 1.807) is 7.11 Å². The van der Waals surface area contributed by atoms with Crippen LogP contribution in [-0.2, 0) is 11.3 Å². The lowest BCUT2D eigenvalue weighted by Gasteiger charge is -2.34. The molecule has 1 N–H and O–H groups in total. The Morgan fingerprint density at radius 2 is 2.09 bits per heavy atom. The van der Waals surface area contributed by atoms with Crippen LogP contribution in [0.4, 0.5) is 0 Å². The summed E-state index contributed by atoms with van der Waals surface area (Å²) in [6.07, 6.45) is 1.88. The monoisotopic (exact) mass is 322 g/mol. The first-order valence-electron chi connectivity index (χ1n) is 8.13. The molecule has 1 aromatic heterocycles. The van der Waals surface area contributed by atoms with Crippen LogP contribution >= 0.6 is 0 Å². The van der Waals surface area contributed by atoms with Crippen LogP contribution in [0.25, 0.3) is 0 Å². The Morgan fingerprint density at radius 1 is 1.39 bits per heavy atom. The zero-order valence-corrected chi connectivity index (χ0v) is 14.1. The molecule has 2 heterocycles. The molecule has 2 rings (SSSR count). The molecule has 7 heteroatoms. The van der Waals surface area contributed by atoms with Crippen molar-refractivity contribution in [1.29, 1.82) is 0 Å². The number of nitrogens with one attached hydrogen (secondary N) is 1. The Kier molecular flexibility index (Phi) is 6.29. The summed E-state index contributed by atoms with van der Waals surface area (Å²) in [7, 11) is 1.56. The van der Waals surface area contributed by atoms with Crippen LogP contribution in [0.5, 0.6) is 0 Å². The molecule has 1 saturated heterocycles.